The van der Waals surface area contributed by atoms with Crippen LogP contribution in [0.1, 0.15) is 30.5 Å². The highest BCUT2D eigenvalue weighted by molar-refractivity contribution is 6.36. The summed E-state index contributed by atoms with van der Waals surface area (Å²) >= 11 is 18.3. The van der Waals surface area contributed by atoms with E-state index in [1.54, 1.807) is 6.07 Å². The first-order valence-electron chi connectivity index (χ1n) is 6.52. The van der Waals surface area contributed by atoms with E-state index in [1.807, 2.05) is 0 Å². The van der Waals surface area contributed by atoms with Gasteiger partial charge < -0.3 is 0 Å². The maximum Gasteiger partial charge on any atom is 0.181 e. The lowest BCUT2D eigenvalue weighted by atomic mass is 10.1. The number of pyridine rings is 1. The molecule has 2 heterocycles. The van der Waals surface area contributed by atoms with Gasteiger partial charge in [-0.25, -0.2) is 15.0 Å². The fourth-order valence-corrected chi connectivity index (χ4v) is 3.16. The first kappa shape index (κ1) is 14.1. The third kappa shape index (κ3) is 2.76. The average Bonchev–Trinajstić information content (AvgIpc) is 2.64. The highest BCUT2D eigenvalue weighted by Gasteiger charge is 2.18. The summed E-state index contributed by atoms with van der Waals surface area (Å²) in [4.78, 5) is 13.2. The summed E-state index contributed by atoms with van der Waals surface area (Å²) in [5, 5.41) is 1.43. The lowest BCUT2D eigenvalue weighted by molar-refractivity contribution is 0.709. The second-order valence-corrected chi connectivity index (χ2v) is 6.01. The zero-order valence-electron chi connectivity index (χ0n) is 10.7. The minimum Gasteiger partial charge on any atom is -0.250 e. The number of hydrogen-bond donors (Lipinski definition) is 0. The molecule has 0 radical (unpaired) electrons. The van der Waals surface area contributed by atoms with Gasteiger partial charge >= 0.3 is 0 Å². The van der Waals surface area contributed by atoms with Crippen LogP contribution in [0, 0.1) is 0 Å². The van der Waals surface area contributed by atoms with Gasteiger partial charge in [0.05, 0.1) is 10.0 Å². The lowest BCUT2D eigenvalue weighted by Crippen LogP contribution is -2.03. The van der Waals surface area contributed by atoms with Gasteiger partial charge in [-0.15, -0.1) is 0 Å². The fourth-order valence-electron chi connectivity index (χ4n) is 2.41. The second-order valence-electron chi connectivity index (χ2n) is 4.81. The van der Waals surface area contributed by atoms with E-state index in [2.05, 4.69) is 15.0 Å². The van der Waals surface area contributed by atoms with E-state index in [0.717, 1.165) is 36.9 Å². The van der Waals surface area contributed by atoms with Gasteiger partial charge in [-0.3, -0.25) is 0 Å². The second kappa shape index (κ2) is 5.84. The van der Waals surface area contributed by atoms with Crippen LogP contribution >= 0.6 is 34.8 Å². The van der Waals surface area contributed by atoms with Crippen molar-refractivity contribution in [2.24, 2.45) is 0 Å². The largest absolute Gasteiger partial charge is 0.250 e. The van der Waals surface area contributed by atoms with Crippen LogP contribution in [0.3, 0.4) is 0 Å². The van der Waals surface area contributed by atoms with Crippen molar-refractivity contribution < 1.29 is 0 Å². The minimum absolute atomic E-state index is 0.433. The molecule has 0 atom stereocenters. The molecule has 0 aromatic carbocycles. The predicted octanol–water partition coefficient (Wildman–Crippen LogP) is 4.77. The Labute approximate surface area is 132 Å². The van der Waals surface area contributed by atoms with E-state index in [4.69, 9.17) is 34.8 Å². The van der Waals surface area contributed by atoms with Crippen molar-refractivity contribution in [3.63, 3.8) is 0 Å². The molecule has 0 fully saturated rings. The summed E-state index contributed by atoms with van der Waals surface area (Å²) in [5.41, 5.74) is 2.60. The van der Waals surface area contributed by atoms with Crippen LogP contribution in [0.25, 0.3) is 11.5 Å². The Kier molecular flexibility index (Phi) is 4.11. The Bertz CT molecular complexity index is 658. The van der Waals surface area contributed by atoms with Crippen LogP contribution in [0.5, 0.6) is 0 Å². The molecule has 0 unspecified atom stereocenters. The third-order valence-corrected chi connectivity index (χ3v) is 4.21. The van der Waals surface area contributed by atoms with Crippen LogP contribution in [0.15, 0.2) is 12.3 Å². The Hall–Kier alpha value is -0.900. The van der Waals surface area contributed by atoms with E-state index in [0.29, 0.717) is 26.7 Å². The summed E-state index contributed by atoms with van der Waals surface area (Å²) in [6.45, 7) is 0. The summed E-state index contributed by atoms with van der Waals surface area (Å²) in [7, 11) is 0. The molecule has 3 nitrogen and oxygen atoms in total. The SMILES string of the molecule is Clc1cnc(-c2nc(Cl)c3c(n2)CCCCC3)c(Cl)c1. The van der Waals surface area contributed by atoms with Crippen molar-refractivity contribution in [3.8, 4) is 11.5 Å². The highest BCUT2D eigenvalue weighted by atomic mass is 35.5. The maximum absolute atomic E-state index is 6.31. The lowest BCUT2D eigenvalue weighted by Gasteiger charge is -2.10. The number of rotatable bonds is 1. The molecule has 0 aliphatic heterocycles. The van der Waals surface area contributed by atoms with Gasteiger partial charge in [-0.05, 0) is 31.7 Å². The molecular weight excluding hydrogens is 317 g/mol. The van der Waals surface area contributed by atoms with E-state index >= 15 is 0 Å². The van der Waals surface area contributed by atoms with Gasteiger partial charge in [0.25, 0.3) is 0 Å². The van der Waals surface area contributed by atoms with E-state index in [-0.39, 0.29) is 0 Å². The monoisotopic (exact) mass is 327 g/mol. The molecule has 1 aliphatic rings. The molecule has 0 saturated heterocycles. The molecule has 0 amide bonds. The first-order valence-corrected chi connectivity index (χ1v) is 7.65. The fraction of sp³-hybridized carbons (Fsp3) is 0.357. The first-order chi connectivity index (χ1) is 9.65. The Morgan fingerprint density at radius 1 is 0.950 bits per heavy atom. The molecule has 1 aliphatic carbocycles. The number of halogens is 3. The van der Waals surface area contributed by atoms with Crippen LogP contribution in [0.2, 0.25) is 15.2 Å². The Morgan fingerprint density at radius 2 is 1.75 bits per heavy atom. The molecule has 104 valence electrons. The topological polar surface area (TPSA) is 38.7 Å². The van der Waals surface area contributed by atoms with Crippen molar-refractivity contribution in [2.45, 2.75) is 32.1 Å². The van der Waals surface area contributed by atoms with Gasteiger partial charge in [-0.1, -0.05) is 41.2 Å². The molecule has 0 spiro atoms. The predicted molar refractivity (Wildman–Crippen MR) is 81.6 cm³/mol. The van der Waals surface area contributed by atoms with Gasteiger partial charge in [0.15, 0.2) is 5.82 Å². The van der Waals surface area contributed by atoms with Crippen LogP contribution in [-0.2, 0) is 12.8 Å². The summed E-state index contributed by atoms with van der Waals surface area (Å²) in [5.74, 6) is 0.470. The average molecular weight is 329 g/mol. The van der Waals surface area contributed by atoms with E-state index in [9.17, 15) is 0 Å². The summed E-state index contributed by atoms with van der Waals surface area (Å²) < 4.78 is 0. The van der Waals surface area contributed by atoms with Gasteiger partial charge in [0.1, 0.15) is 10.8 Å². The van der Waals surface area contributed by atoms with Crippen molar-refractivity contribution >= 4 is 34.8 Å². The number of nitrogens with zero attached hydrogens (tertiary/aromatic N) is 3. The number of aromatic nitrogens is 3. The number of hydrogen-bond acceptors (Lipinski definition) is 3. The van der Waals surface area contributed by atoms with Crippen molar-refractivity contribution in [1.82, 2.24) is 15.0 Å². The van der Waals surface area contributed by atoms with E-state index in [1.165, 1.54) is 12.6 Å². The van der Waals surface area contributed by atoms with Crippen molar-refractivity contribution in [2.75, 3.05) is 0 Å². The molecule has 0 saturated carbocycles. The molecule has 0 bridgehead atoms. The molecule has 0 N–H and O–H groups in total. The minimum atomic E-state index is 0.433. The highest BCUT2D eigenvalue weighted by Crippen LogP contribution is 2.30. The molecule has 6 heteroatoms. The Morgan fingerprint density at radius 3 is 2.55 bits per heavy atom. The van der Waals surface area contributed by atoms with Gasteiger partial charge in [-0.2, -0.15) is 0 Å². The summed E-state index contributed by atoms with van der Waals surface area (Å²) in [6, 6.07) is 1.63. The van der Waals surface area contributed by atoms with Crippen molar-refractivity contribution in [3.05, 3.63) is 38.7 Å². The smallest absolute Gasteiger partial charge is 0.181 e. The number of fused-ring (bicyclic) bond motifs is 1. The molecule has 2 aromatic rings. The molecular formula is C14H12Cl3N3. The normalized spacial score (nSPS) is 14.8. The van der Waals surface area contributed by atoms with Crippen molar-refractivity contribution in [1.29, 1.82) is 0 Å². The molecule has 3 rings (SSSR count). The maximum atomic E-state index is 6.31. The molecule has 20 heavy (non-hydrogen) atoms. The Balaban J connectivity index is 2.11. The van der Waals surface area contributed by atoms with Gasteiger partial charge in [0, 0.05) is 17.5 Å². The zero-order chi connectivity index (χ0) is 14.1. The standard InChI is InChI=1S/C14H12Cl3N3/c15-8-6-10(16)12(18-7-8)14-19-11-5-3-1-2-4-9(11)13(17)20-14/h6-7H,1-5H2. The number of aryl methyl sites for hydroxylation is 1. The third-order valence-electron chi connectivity index (χ3n) is 3.40. The van der Waals surface area contributed by atoms with Crippen LogP contribution in [0.4, 0.5) is 0 Å². The van der Waals surface area contributed by atoms with Crippen LogP contribution < -0.4 is 0 Å². The van der Waals surface area contributed by atoms with Gasteiger partial charge in [0.2, 0.25) is 0 Å². The van der Waals surface area contributed by atoms with E-state index < -0.39 is 0 Å². The zero-order valence-corrected chi connectivity index (χ0v) is 12.9. The van der Waals surface area contributed by atoms with Crippen LogP contribution in [-0.4, -0.2) is 15.0 Å². The summed E-state index contributed by atoms with van der Waals surface area (Å²) in [6.07, 6.45) is 6.86. The molecule has 2 aromatic heterocycles. The quantitative estimate of drug-likeness (QED) is 0.559.